The minimum absolute atomic E-state index is 0.118. The van der Waals surface area contributed by atoms with Gasteiger partial charge in [0.15, 0.2) is 0 Å². The number of carbonyl (C=O) groups is 1. The van der Waals surface area contributed by atoms with Crippen molar-refractivity contribution in [3.8, 4) is 0 Å². The molecular formula is C14H18ClNO3. The van der Waals surface area contributed by atoms with E-state index in [0.29, 0.717) is 5.02 Å². The number of aliphatic hydroxyl groups is 1. The zero-order valence-electron chi connectivity index (χ0n) is 11.0. The molecule has 0 fully saturated rings. The molecule has 2 N–H and O–H groups in total. The lowest BCUT2D eigenvalue weighted by Crippen LogP contribution is -2.43. The van der Waals surface area contributed by atoms with Gasteiger partial charge in [0, 0.05) is 24.8 Å². The van der Waals surface area contributed by atoms with Crippen molar-refractivity contribution in [3.63, 3.8) is 0 Å². The molecule has 0 aromatic heterocycles. The molecule has 0 radical (unpaired) electrons. The number of hydrogen-bond acceptors (Lipinski definition) is 3. The van der Waals surface area contributed by atoms with Gasteiger partial charge in [-0.1, -0.05) is 29.8 Å². The van der Waals surface area contributed by atoms with Gasteiger partial charge in [0.1, 0.15) is 5.60 Å². The Labute approximate surface area is 118 Å². The van der Waals surface area contributed by atoms with Crippen LogP contribution in [0.3, 0.4) is 0 Å². The largest absolute Gasteiger partial charge is 0.386 e. The number of nitrogens with one attached hydrogen (secondary N) is 1. The Hall–Kier alpha value is -1.36. The van der Waals surface area contributed by atoms with E-state index in [1.54, 1.807) is 19.1 Å². The third kappa shape index (κ3) is 5.87. The molecule has 0 aliphatic heterocycles. The first-order chi connectivity index (χ1) is 8.94. The second-order valence-electron chi connectivity index (χ2n) is 4.50. The highest BCUT2D eigenvalue weighted by atomic mass is 35.5. The summed E-state index contributed by atoms with van der Waals surface area (Å²) < 4.78 is 4.85. The maximum atomic E-state index is 11.6. The van der Waals surface area contributed by atoms with E-state index in [1.807, 2.05) is 18.2 Å². The lowest BCUT2D eigenvalue weighted by atomic mass is 10.1. The lowest BCUT2D eigenvalue weighted by Gasteiger charge is -2.21. The number of halogens is 1. The Kier molecular flexibility index (Phi) is 6.02. The van der Waals surface area contributed by atoms with E-state index in [2.05, 4.69) is 5.32 Å². The molecule has 0 saturated carbocycles. The molecule has 0 heterocycles. The number of hydrogen-bond donors (Lipinski definition) is 2. The molecule has 0 spiro atoms. The van der Waals surface area contributed by atoms with Gasteiger partial charge in [0.25, 0.3) is 0 Å². The summed E-state index contributed by atoms with van der Waals surface area (Å²) in [5, 5.41) is 13.0. The van der Waals surface area contributed by atoms with Crippen molar-refractivity contribution in [1.82, 2.24) is 5.32 Å². The quantitative estimate of drug-likeness (QED) is 0.784. The van der Waals surface area contributed by atoms with Gasteiger partial charge in [-0.25, -0.2) is 0 Å². The number of rotatable bonds is 6. The van der Waals surface area contributed by atoms with Crippen molar-refractivity contribution in [2.75, 3.05) is 20.3 Å². The van der Waals surface area contributed by atoms with Crippen LogP contribution in [0, 0.1) is 0 Å². The summed E-state index contributed by atoms with van der Waals surface area (Å²) in [5.74, 6) is -0.295. The number of carbonyl (C=O) groups excluding carboxylic acids is 1. The zero-order valence-corrected chi connectivity index (χ0v) is 11.8. The highest BCUT2D eigenvalue weighted by molar-refractivity contribution is 6.32. The standard InChI is InChI=1S/C14H18ClNO3/c1-14(18,10-19-2)9-16-13(17)8-7-11-5-3-4-6-12(11)15/h3-8,18H,9-10H2,1-2H3,(H,16,17)/b8-7+/t14-/m1/s1. The first-order valence-electron chi connectivity index (χ1n) is 5.86. The van der Waals surface area contributed by atoms with E-state index in [9.17, 15) is 9.90 Å². The third-order valence-electron chi connectivity index (χ3n) is 2.42. The van der Waals surface area contributed by atoms with Crippen LogP contribution in [0.1, 0.15) is 12.5 Å². The molecule has 1 amide bonds. The number of ether oxygens (including phenoxy) is 1. The summed E-state index contributed by atoms with van der Waals surface area (Å²) >= 11 is 5.96. The lowest BCUT2D eigenvalue weighted by molar-refractivity contribution is -0.118. The second-order valence-corrected chi connectivity index (χ2v) is 4.91. The minimum Gasteiger partial charge on any atom is -0.386 e. The summed E-state index contributed by atoms with van der Waals surface area (Å²) in [7, 11) is 1.49. The van der Waals surface area contributed by atoms with E-state index >= 15 is 0 Å². The van der Waals surface area contributed by atoms with Crippen LogP contribution >= 0.6 is 11.6 Å². The SMILES string of the molecule is COC[C@](C)(O)CNC(=O)/C=C/c1ccccc1Cl. The highest BCUT2D eigenvalue weighted by Gasteiger charge is 2.20. The van der Waals surface area contributed by atoms with E-state index in [-0.39, 0.29) is 19.1 Å². The molecule has 4 nitrogen and oxygen atoms in total. The molecule has 5 heteroatoms. The van der Waals surface area contributed by atoms with Gasteiger partial charge >= 0.3 is 0 Å². The highest BCUT2D eigenvalue weighted by Crippen LogP contribution is 2.16. The predicted octanol–water partition coefficient (Wildman–Crippen LogP) is 1.87. The van der Waals surface area contributed by atoms with Crippen LogP contribution in [0.25, 0.3) is 6.08 Å². The van der Waals surface area contributed by atoms with E-state index in [1.165, 1.54) is 13.2 Å². The summed E-state index contributed by atoms with van der Waals surface area (Å²) in [6.07, 6.45) is 3.01. The van der Waals surface area contributed by atoms with Crippen molar-refractivity contribution in [1.29, 1.82) is 0 Å². The Morgan fingerprint density at radius 2 is 2.21 bits per heavy atom. The normalized spacial score (nSPS) is 14.3. The third-order valence-corrected chi connectivity index (χ3v) is 2.76. The van der Waals surface area contributed by atoms with Gasteiger partial charge in [0.2, 0.25) is 5.91 Å². The molecular weight excluding hydrogens is 266 g/mol. The van der Waals surface area contributed by atoms with Crippen LogP contribution in [0.4, 0.5) is 0 Å². The first kappa shape index (κ1) is 15.7. The molecule has 1 rings (SSSR count). The molecule has 1 atom stereocenters. The van der Waals surface area contributed by atoms with Gasteiger partial charge in [-0.15, -0.1) is 0 Å². The van der Waals surface area contributed by atoms with Crippen molar-refractivity contribution < 1.29 is 14.6 Å². The van der Waals surface area contributed by atoms with Crippen LogP contribution in [-0.4, -0.2) is 36.9 Å². The Morgan fingerprint density at radius 3 is 2.84 bits per heavy atom. The molecule has 0 unspecified atom stereocenters. The van der Waals surface area contributed by atoms with Crippen LogP contribution in [0.15, 0.2) is 30.3 Å². The van der Waals surface area contributed by atoms with Gasteiger partial charge in [0.05, 0.1) is 6.61 Å². The van der Waals surface area contributed by atoms with Gasteiger partial charge < -0.3 is 15.2 Å². The zero-order chi connectivity index (χ0) is 14.3. The molecule has 104 valence electrons. The molecule has 0 aliphatic carbocycles. The van der Waals surface area contributed by atoms with Crippen LogP contribution in [0.2, 0.25) is 5.02 Å². The average Bonchev–Trinajstić information content (AvgIpc) is 2.35. The molecule has 0 bridgehead atoms. The van der Waals surface area contributed by atoms with Crippen molar-refractivity contribution in [3.05, 3.63) is 40.9 Å². The van der Waals surface area contributed by atoms with Crippen molar-refractivity contribution in [2.45, 2.75) is 12.5 Å². The van der Waals surface area contributed by atoms with E-state index in [0.717, 1.165) is 5.56 Å². The predicted molar refractivity (Wildman–Crippen MR) is 76.0 cm³/mol. The fourth-order valence-corrected chi connectivity index (χ4v) is 1.67. The number of amides is 1. The van der Waals surface area contributed by atoms with E-state index in [4.69, 9.17) is 16.3 Å². The summed E-state index contributed by atoms with van der Waals surface area (Å²) in [6.45, 7) is 1.86. The van der Waals surface area contributed by atoms with Crippen LogP contribution < -0.4 is 5.32 Å². The summed E-state index contributed by atoms with van der Waals surface area (Å²) in [5.41, 5.74) is -0.314. The van der Waals surface area contributed by atoms with Crippen LogP contribution in [0.5, 0.6) is 0 Å². The van der Waals surface area contributed by atoms with Gasteiger partial charge in [-0.2, -0.15) is 0 Å². The van der Waals surface area contributed by atoms with Gasteiger partial charge in [-0.3, -0.25) is 4.79 Å². The number of benzene rings is 1. The summed E-state index contributed by atoms with van der Waals surface area (Å²) in [6, 6.07) is 7.23. The molecule has 0 aliphatic rings. The maximum absolute atomic E-state index is 11.6. The summed E-state index contributed by atoms with van der Waals surface area (Å²) in [4.78, 5) is 11.6. The monoisotopic (exact) mass is 283 g/mol. The molecule has 1 aromatic rings. The molecule has 0 saturated heterocycles. The smallest absolute Gasteiger partial charge is 0.244 e. The fraction of sp³-hybridized carbons (Fsp3) is 0.357. The maximum Gasteiger partial charge on any atom is 0.244 e. The Balaban J connectivity index is 2.50. The Morgan fingerprint density at radius 1 is 1.53 bits per heavy atom. The Bertz CT molecular complexity index is 458. The first-order valence-corrected chi connectivity index (χ1v) is 6.24. The minimum atomic E-state index is -1.08. The van der Waals surface area contributed by atoms with E-state index < -0.39 is 5.60 Å². The van der Waals surface area contributed by atoms with Crippen molar-refractivity contribution >= 4 is 23.6 Å². The average molecular weight is 284 g/mol. The van der Waals surface area contributed by atoms with Crippen LogP contribution in [-0.2, 0) is 9.53 Å². The van der Waals surface area contributed by atoms with Gasteiger partial charge in [-0.05, 0) is 24.6 Å². The van der Waals surface area contributed by atoms with Crippen molar-refractivity contribution in [2.24, 2.45) is 0 Å². The topological polar surface area (TPSA) is 58.6 Å². The molecule has 19 heavy (non-hydrogen) atoms. The molecule has 1 aromatic carbocycles. The second kappa shape index (κ2) is 7.28. The number of methoxy groups -OCH3 is 1. The fourth-order valence-electron chi connectivity index (χ4n) is 1.47.